The molecular weight excluding hydrogens is 220 g/mol. The molecule has 1 aliphatic rings. The van der Waals surface area contributed by atoms with E-state index < -0.39 is 6.10 Å². The van der Waals surface area contributed by atoms with E-state index in [-0.39, 0.29) is 11.9 Å². The highest BCUT2D eigenvalue weighted by Crippen LogP contribution is 2.05. The van der Waals surface area contributed by atoms with Gasteiger partial charge >= 0.3 is 0 Å². The molecular formula is C11H18N4O2. The molecule has 2 unspecified atom stereocenters. The van der Waals surface area contributed by atoms with Gasteiger partial charge in [-0.25, -0.2) is 0 Å². The number of nitrogens with zero attached hydrogens (tertiary/aromatic N) is 2. The van der Waals surface area contributed by atoms with Gasteiger partial charge in [0.05, 0.1) is 17.8 Å². The second kappa shape index (κ2) is 5.29. The Kier molecular flexibility index (Phi) is 3.75. The molecule has 0 aromatic carbocycles. The van der Waals surface area contributed by atoms with Crippen LogP contribution in [-0.2, 0) is 18.3 Å². The number of aryl methyl sites for hydroxylation is 1. The number of β-amino-alcohol motifs (C(OH)–C–C–N with tert-alkyl or cyclic N) is 1. The number of carbonyl (C=O) groups excluding carboxylic acids is 1. The molecule has 1 aliphatic heterocycles. The number of aliphatic hydroxyl groups is 1. The molecule has 1 saturated heterocycles. The lowest BCUT2D eigenvalue weighted by molar-refractivity contribution is -0.122. The molecule has 0 spiro atoms. The fraction of sp³-hybridized carbons (Fsp3) is 0.636. The Hall–Kier alpha value is -1.40. The first-order chi connectivity index (χ1) is 8.15. The Morgan fingerprint density at radius 1 is 1.76 bits per heavy atom. The van der Waals surface area contributed by atoms with Gasteiger partial charge in [0, 0.05) is 32.8 Å². The summed E-state index contributed by atoms with van der Waals surface area (Å²) in [6, 6.07) is 1.68. The van der Waals surface area contributed by atoms with Gasteiger partial charge < -0.3 is 15.7 Å². The van der Waals surface area contributed by atoms with Crippen LogP contribution in [0.2, 0.25) is 0 Å². The predicted molar refractivity (Wildman–Crippen MR) is 62.3 cm³/mol. The lowest BCUT2D eigenvalue weighted by Crippen LogP contribution is -2.41. The van der Waals surface area contributed by atoms with Crippen molar-refractivity contribution in [2.24, 2.45) is 7.05 Å². The molecule has 3 N–H and O–H groups in total. The van der Waals surface area contributed by atoms with Crippen LogP contribution in [0.1, 0.15) is 12.1 Å². The van der Waals surface area contributed by atoms with Gasteiger partial charge in [0.1, 0.15) is 0 Å². The topological polar surface area (TPSA) is 79.2 Å². The third-order valence-corrected chi connectivity index (χ3v) is 2.87. The van der Waals surface area contributed by atoms with Gasteiger partial charge in [0.15, 0.2) is 0 Å². The highest BCUT2D eigenvalue weighted by Gasteiger charge is 2.27. The molecule has 0 radical (unpaired) electrons. The van der Waals surface area contributed by atoms with Crippen molar-refractivity contribution in [3.63, 3.8) is 0 Å². The summed E-state index contributed by atoms with van der Waals surface area (Å²) in [5.41, 5.74) is 0.965. The van der Waals surface area contributed by atoms with E-state index in [0.717, 1.165) is 12.1 Å². The highest BCUT2D eigenvalue weighted by atomic mass is 16.3. The van der Waals surface area contributed by atoms with Gasteiger partial charge in [-0.05, 0) is 12.5 Å². The van der Waals surface area contributed by atoms with Crippen molar-refractivity contribution < 1.29 is 9.90 Å². The zero-order valence-corrected chi connectivity index (χ0v) is 9.89. The summed E-state index contributed by atoms with van der Waals surface area (Å²) in [6.07, 6.45) is 2.70. The van der Waals surface area contributed by atoms with Crippen LogP contribution in [0.15, 0.2) is 12.3 Å². The van der Waals surface area contributed by atoms with E-state index >= 15 is 0 Å². The van der Waals surface area contributed by atoms with E-state index in [2.05, 4.69) is 15.7 Å². The maximum Gasteiger partial charge on any atom is 0.237 e. The molecule has 2 heterocycles. The third-order valence-electron chi connectivity index (χ3n) is 2.87. The largest absolute Gasteiger partial charge is 0.392 e. The van der Waals surface area contributed by atoms with Gasteiger partial charge in [-0.2, -0.15) is 5.10 Å². The minimum absolute atomic E-state index is 0.0440. The van der Waals surface area contributed by atoms with E-state index in [0.29, 0.717) is 19.5 Å². The molecule has 2 rings (SSSR count). The number of aliphatic hydroxyl groups excluding tert-OH is 1. The monoisotopic (exact) mass is 238 g/mol. The number of carbonyl (C=O) groups is 1. The van der Waals surface area contributed by atoms with E-state index in [1.54, 1.807) is 4.68 Å². The Morgan fingerprint density at radius 3 is 3.18 bits per heavy atom. The van der Waals surface area contributed by atoms with Crippen LogP contribution in [0.3, 0.4) is 0 Å². The summed E-state index contributed by atoms with van der Waals surface area (Å²) >= 11 is 0. The van der Waals surface area contributed by atoms with Gasteiger partial charge in [0.25, 0.3) is 0 Å². The summed E-state index contributed by atoms with van der Waals surface area (Å²) < 4.78 is 1.74. The van der Waals surface area contributed by atoms with Gasteiger partial charge in [-0.1, -0.05) is 0 Å². The Balaban J connectivity index is 1.70. The summed E-state index contributed by atoms with van der Waals surface area (Å²) in [6.45, 7) is 1.07. The van der Waals surface area contributed by atoms with Gasteiger partial charge in [0.2, 0.25) is 5.91 Å². The SMILES string of the molecule is Cn1ccc(CCNC(=O)C2CC(O)CN2)n1. The molecule has 2 atom stereocenters. The second-order valence-electron chi connectivity index (χ2n) is 4.37. The van der Waals surface area contributed by atoms with Gasteiger partial charge in [-0.15, -0.1) is 0 Å². The first-order valence-corrected chi connectivity index (χ1v) is 5.83. The van der Waals surface area contributed by atoms with Crippen LogP contribution in [0.25, 0.3) is 0 Å². The van der Waals surface area contributed by atoms with Crippen LogP contribution in [0.4, 0.5) is 0 Å². The first kappa shape index (κ1) is 12.1. The molecule has 17 heavy (non-hydrogen) atoms. The van der Waals surface area contributed by atoms with Crippen LogP contribution in [0.5, 0.6) is 0 Å². The Morgan fingerprint density at radius 2 is 2.59 bits per heavy atom. The summed E-state index contributed by atoms with van der Waals surface area (Å²) in [4.78, 5) is 11.7. The third kappa shape index (κ3) is 3.28. The van der Waals surface area contributed by atoms with Crippen LogP contribution in [0, 0.1) is 0 Å². The second-order valence-corrected chi connectivity index (χ2v) is 4.37. The van der Waals surface area contributed by atoms with Crippen molar-refractivity contribution in [2.75, 3.05) is 13.1 Å². The molecule has 0 saturated carbocycles. The molecule has 1 amide bonds. The van der Waals surface area contributed by atoms with Gasteiger partial charge in [-0.3, -0.25) is 9.48 Å². The first-order valence-electron chi connectivity index (χ1n) is 5.83. The summed E-state index contributed by atoms with van der Waals surface area (Å²) in [5, 5.41) is 19.3. The molecule has 0 aliphatic carbocycles. The lowest BCUT2D eigenvalue weighted by atomic mass is 10.2. The predicted octanol–water partition coefficient (Wildman–Crippen LogP) is -1.20. The lowest BCUT2D eigenvalue weighted by Gasteiger charge is -2.10. The van der Waals surface area contributed by atoms with Crippen molar-refractivity contribution in [1.29, 1.82) is 0 Å². The van der Waals surface area contributed by atoms with Crippen molar-refractivity contribution >= 4 is 5.91 Å². The molecule has 1 fully saturated rings. The minimum atomic E-state index is -0.401. The standard InChI is InChI=1S/C11H18N4O2/c1-15-5-3-8(14-15)2-4-12-11(17)10-6-9(16)7-13-10/h3,5,9-10,13,16H,2,4,6-7H2,1H3,(H,12,17). The molecule has 94 valence electrons. The van der Waals surface area contributed by atoms with Crippen LogP contribution >= 0.6 is 0 Å². The Bertz CT molecular complexity index is 391. The average molecular weight is 238 g/mol. The minimum Gasteiger partial charge on any atom is -0.392 e. The van der Waals surface area contributed by atoms with E-state index in [9.17, 15) is 9.90 Å². The number of amides is 1. The maximum absolute atomic E-state index is 11.7. The molecule has 6 nitrogen and oxygen atoms in total. The summed E-state index contributed by atoms with van der Waals surface area (Å²) in [5.74, 6) is -0.0440. The van der Waals surface area contributed by atoms with E-state index in [4.69, 9.17) is 0 Å². The van der Waals surface area contributed by atoms with Crippen molar-refractivity contribution in [2.45, 2.75) is 25.0 Å². The highest BCUT2D eigenvalue weighted by molar-refractivity contribution is 5.82. The zero-order chi connectivity index (χ0) is 12.3. The Labute approximate surface area is 100 Å². The van der Waals surface area contributed by atoms with Crippen molar-refractivity contribution in [3.05, 3.63) is 18.0 Å². The summed E-state index contributed by atoms with van der Waals surface area (Å²) in [7, 11) is 1.87. The number of nitrogens with one attached hydrogen (secondary N) is 2. The smallest absolute Gasteiger partial charge is 0.237 e. The quantitative estimate of drug-likeness (QED) is 0.616. The number of hydrogen-bond donors (Lipinski definition) is 3. The molecule has 1 aromatic heterocycles. The number of rotatable bonds is 4. The maximum atomic E-state index is 11.7. The molecule has 0 bridgehead atoms. The fourth-order valence-corrected chi connectivity index (χ4v) is 1.95. The van der Waals surface area contributed by atoms with Crippen LogP contribution < -0.4 is 10.6 Å². The van der Waals surface area contributed by atoms with Crippen molar-refractivity contribution in [3.8, 4) is 0 Å². The number of aromatic nitrogens is 2. The number of hydrogen-bond acceptors (Lipinski definition) is 4. The van der Waals surface area contributed by atoms with Crippen molar-refractivity contribution in [1.82, 2.24) is 20.4 Å². The molecule has 6 heteroatoms. The molecule has 1 aromatic rings. The fourth-order valence-electron chi connectivity index (χ4n) is 1.95. The average Bonchev–Trinajstić information content (AvgIpc) is 2.88. The van der Waals surface area contributed by atoms with E-state index in [1.165, 1.54) is 0 Å². The zero-order valence-electron chi connectivity index (χ0n) is 9.89. The van der Waals surface area contributed by atoms with E-state index in [1.807, 2.05) is 19.3 Å². The normalized spacial score (nSPS) is 23.9. The van der Waals surface area contributed by atoms with Crippen LogP contribution in [-0.4, -0.2) is 46.0 Å².